The molecule has 4 bridgehead atoms. The van der Waals surface area contributed by atoms with E-state index in [1.165, 1.54) is 32.1 Å². The maximum absolute atomic E-state index is 4.82. The highest BCUT2D eigenvalue weighted by Crippen LogP contribution is 2.62. The van der Waals surface area contributed by atoms with Gasteiger partial charge in [-0.3, -0.25) is 0 Å². The van der Waals surface area contributed by atoms with Crippen molar-refractivity contribution in [1.82, 2.24) is 0 Å². The van der Waals surface area contributed by atoms with Gasteiger partial charge in [0.15, 0.2) is 0 Å². The molecule has 0 amide bonds. The van der Waals surface area contributed by atoms with E-state index in [1.54, 1.807) is 6.42 Å². The van der Waals surface area contributed by atoms with Crippen LogP contribution in [-0.2, 0) is 0 Å². The van der Waals surface area contributed by atoms with Gasteiger partial charge >= 0.3 is 0 Å². The van der Waals surface area contributed by atoms with Crippen LogP contribution < -0.4 is 0 Å². The van der Waals surface area contributed by atoms with Crippen LogP contribution in [0.3, 0.4) is 0 Å². The molecule has 2 atom stereocenters. The van der Waals surface area contributed by atoms with Gasteiger partial charge in [-0.1, -0.05) is 13.3 Å². The first-order chi connectivity index (χ1) is 6.22. The normalized spacial score (nSPS) is 58.6. The predicted octanol–water partition coefficient (Wildman–Crippen LogP) is 3.52. The van der Waals surface area contributed by atoms with Crippen LogP contribution in [0, 0.1) is 23.2 Å². The lowest BCUT2D eigenvalue weighted by molar-refractivity contribution is -0.0487. The van der Waals surface area contributed by atoms with E-state index in [0.717, 1.165) is 28.4 Å². The minimum atomic E-state index is 0.760. The van der Waals surface area contributed by atoms with Crippen molar-refractivity contribution in [2.45, 2.75) is 50.7 Å². The zero-order valence-corrected chi connectivity index (χ0v) is 9.39. The molecule has 0 nitrogen and oxygen atoms in total. The minimum absolute atomic E-state index is 0.760. The smallest absolute Gasteiger partial charge is 0.00739 e. The molecule has 74 valence electrons. The second kappa shape index (κ2) is 2.68. The Hall–Kier alpha value is 0.350. The van der Waals surface area contributed by atoms with Crippen molar-refractivity contribution in [2.75, 3.05) is 0 Å². The summed E-state index contributed by atoms with van der Waals surface area (Å²) in [6, 6.07) is 0. The zero-order chi connectivity index (χ0) is 9.05. The quantitative estimate of drug-likeness (QED) is 0.610. The van der Waals surface area contributed by atoms with E-state index in [0.29, 0.717) is 0 Å². The maximum Gasteiger partial charge on any atom is 0.00739 e. The Bertz CT molecular complexity index is 207. The van der Waals surface area contributed by atoms with E-state index < -0.39 is 0 Å². The molecule has 0 aromatic rings. The van der Waals surface area contributed by atoms with Gasteiger partial charge in [-0.2, -0.15) is 12.6 Å². The number of hydrogen-bond acceptors (Lipinski definition) is 1. The van der Waals surface area contributed by atoms with E-state index in [2.05, 4.69) is 6.92 Å². The van der Waals surface area contributed by atoms with Crippen LogP contribution >= 0.6 is 12.6 Å². The van der Waals surface area contributed by atoms with Crippen molar-refractivity contribution in [3.8, 4) is 0 Å². The third-order valence-corrected chi connectivity index (χ3v) is 5.94. The average molecular weight is 196 g/mol. The van der Waals surface area contributed by atoms with Gasteiger partial charge in [-0.25, -0.2) is 0 Å². The summed E-state index contributed by atoms with van der Waals surface area (Å²) in [6.45, 7) is 2.40. The van der Waals surface area contributed by atoms with Crippen LogP contribution in [-0.4, -0.2) is 5.25 Å². The topological polar surface area (TPSA) is 0 Å². The molecule has 2 unspecified atom stereocenters. The van der Waals surface area contributed by atoms with Gasteiger partial charge in [0, 0.05) is 5.25 Å². The third-order valence-electron chi connectivity index (χ3n) is 5.10. The van der Waals surface area contributed by atoms with Crippen LogP contribution in [0.15, 0.2) is 0 Å². The van der Waals surface area contributed by atoms with E-state index >= 15 is 0 Å². The van der Waals surface area contributed by atoms with E-state index in [1.807, 2.05) is 0 Å². The lowest BCUT2D eigenvalue weighted by Crippen LogP contribution is -2.51. The summed E-state index contributed by atoms with van der Waals surface area (Å²) in [5.74, 6) is 3.05. The average Bonchev–Trinajstić information content (AvgIpc) is 2.13. The highest BCUT2D eigenvalue weighted by Gasteiger charge is 2.53. The summed E-state index contributed by atoms with van der Waals surface area (Å²) in [5, 5.41) is 0.760. The first-order valence-corrected chi connectivity index (χ1v) is 6.42. The molecule has 1 heteroatoms. The van der Waals surface area contributed by atoms with Crippen molar-refractivity contribution in [3.63, 3.8) is 0 Å². The molecule has 0 heterocycles. The Labute approximate surface area is 86.9 Å². The molecule has 4 rings (SSSR count). The second-order valence-corrected chi connectivity index (χ2v) is 6.41. The van der Waals surface area contributed by atoms with Gasteiger partial charge in [0.2, 0.25) is 0 Å². The Morgan fingerprint density at radius 3 is 2.31 bits per heavy atom. The molecule has 4 saturated carbocycles. The van der Waals surface area contributed by atoms with Crippen molar-refractivity contribution < 1.29 is 0 Å². The van der Waals surface area contributed by atoms with Gasteiger partial charge in [0.05, 0.1) is 0 Å². The van der Waals surface area contributed by atoms with Crippen LogP contribution in [0.1, 0.15) is 45.4 Å². The van der Waals surface area contributed by atoms with Crippen LogP contribution in [0.5, 0.6) is 0 Å². The van der Waals surface area contributed by atoms with Crippen LogP contribution in [0.25, 0.3) is 0 Å². The van der Waals surface area contributed by atoms with E-state index in [-0.39, 0.29) is 0 Å². The largest absolute Gasteiger partial charge is 0.175 e. The molecular formula is C12H20S. The fourth-order valence-corrected chi connectivity index (χ4v) is 5.05. The summed E-state index contributed by atoms with van der Waals surface area (Å²) >= 11 is 4.82. The van der Waals surface area contributed by atoms with Crippen LogP contribution in [0.4, 0.5) is 0 Å². The Morgan fingerprint density at radius 2 is 1.77 bits per heavy atom. The van der Waals surface area contributed by atoms with Gasteiger partial charge in [0.1, 0.15) is 0 Å². The standard InChI is InChI=1S/C12H20S/c1-2-12-5-8-3-9(6-12)11(13)10(4-8)7-12/h8-11,13H,2-7H2,1H3. The Morgan fingerprint density at radius 1 is 1.15 bits per heavy atom. The Kier molecular flexibility index (Phi) is 1.78. The Balaban J connectivity index is 1.92. The summed E-state index contributed by atoms with van der Waals surface area (Å²) in [4.78, 5) is 0. The van der Waals surface area contributed by atoms with Crippen molar-refractivity contribution in [3.05, 3.63) is 0 Å². The van der Waals surface area contributed by atoms with Gasteiger partial charge < -0.3 is 0 Å². The predicted molar refractivity (Wildman–Crippen MR) is 59.1 cm³/mol. The molecule has 0 radical (unpaired) electrons. The van der Waals surface area contributed by atoms with Gasteiger partial charge in [-0.15, -0.1) is 0 Å². The van der Waals surface area contributed by atoms with Crippen LogP contribution in [0.2, 0.25) is 0 Å². The van der Waals surface area contributed by atoms with E-state index in [4.69, 9.17) is 12.6 Å². The third kappa shape index (κ3) is 1.12. The van der Waals surface area contributed by atoms with Gasteiger partial charge in [-0.05, 0) is 55.3 Å². The molecule has 0 aliphatic heterocycles. The summed E-state index contributed by atoms with van der Waals surface area (Å²) in [7, 11) is 0. The van der Waals surface area contributed by atoms with Crippen molar-refractivity contribution in [1.29, 1.82) is 0 Å². The second-order valence-electron chi connectivity index (χ2n) is 5.81. The molecule has 4 aliphatic rings. The molecule has 4 aliphatic carbocycles. The SMILES string of the molecule is CCC12CC3CC(C1)C(S)C(C3)C2. The fourth-order valence-electron chi connectivity index (χ4n) is 4.60. The van der Waals surface area contributed by atoms with Crippen molar-refractivity contribution in [2.24, 2.45) is 23.2 Å². The fraction of sp³-hybridized carbons (Fsp3) is 1.00. The molecule has 4 fully saturated rings. The molecule has 0 spiro atoms. The molecule has 0 aromatic carbocycles. The molecular weight excluding hydrogens is 176 g/mol. The lowest BCUT2D eigenvalue weighted by atomic mass is 9.49. The summed E-state index contributed by atoms with van der Waals surface area (Å²) in [5.41, 5.74) is 0.774. The summed E-state index contributed by atoms with van der Waals surface area (Å²) < 4.78 is 0. The maximum atomic E-state index is 4.82. The molecule has 0 saturated heterocycles. The zero-order valence-electron chi connectivity index (χ0n) is 8.50. The van der Waals surface area contributed by atoms with Crippen molar-refractivity contribution >= 4 is 12.6 Å². The lowest BCUT2D eigenvalue weighted by Gasteiger charge is -2.59. The number of rotatable bonds is 1. The number of thiol groups is 1. The highest BCUT2D eigenvalue weighted by molar-refractivity contribution is 7.81. The molecule has 0 aromatic heterocycles. The monoisotopic (exact) mass is 196 g/mol. The highest BCUT2D eigenvalue weighted by atomic mass is 32.1. The summed E-state index contributed by atoms with van der Waals surface area (Å²) in [6.07, 6.45) is 9.00. The molecule has 0 N–H and O–H groups in total. The van der Waals surface area contributed by atoms with Gasteiger partial charge in [0.25, 0.3) is 0 Å². The first kappa shape index (κ1) is 8.64. The number of hydrogen-bond donors (Lipinski definition) is 1. The first-order valence-electron chi connectivity index (χ1n) is 5.90. The van der Waals surface area contributed by atoms with E-state index in [9.17, 15) is 0 Å². The minimum Gasteiger partial charge on any atom is -0.175 e. The molecule has 13 heavy (non-hydrogen) atoms.